The first kappa shape index (κ1) is 26.3. The summed E-state index contributed by atoms with van der Waals surface area (Å²) in [5, 5.41) is 15.1. The normalized spacial score (nSPS) is 10.6. The smallest absolute Gasteiger partial charge is 0.275 e. The van der Waals surface area contributed by atoms with Gasteiger partial charge in [0, 0.05) is 11.3 Å². The highest BCUT2D eigenvalue weighted by atomic mass is 35.5. The number of anilines is 4. The molecule has 1 heterocycles. The predicted molar refractivity (Wildman–Crippen MR) is 146 cm³/mol. The second kappa shape index (κ2) is 11.1. The van der Waals surface area contributed by atoms with Crippen molar-refractivity contribution in [3.63, 3.8) is 0 Å². The Bertz CT molecular complexity index is 1500. The summed E-state index contributed by atoms with van der Waals surface area (Å²) in [5.74, 6) is -1.64. The monoisotopic (exact) mass is 576 g/mol. The van der Waals surface area contributed by atoms with E-state index in [0.29, 0.717) is 16.9 Å². The molecule has 0 aliphatic rings. The fourth-order valence-electron chi connectivity index (χ4n) is 3.22. The van der Waals surface area contributed by atoms with Crippen molar-refractivity contribution < 1.29 is 14.4 Å². The van der Waals surface area contributed by atoms with E-state index in [0.717, 1.165) is 0 Å². The van der Waals surface area contributed by atoms with Crippen molar-refractivity contribution in [1.82, 2.24) is 10.2 Å². The molecular weight excluding hydrogens is 562 g/mol. The van der Waals surface area contributed by atoms with E-state index in [9.17, 15) is 14.4 Å². The third kappa shape index (κ3) is 5.98. The highest BCUT2D eigenvalue weighted by molar-refractivity contribution is 6.42. The summed E-state index contributed by atoms with van der Waals surface area (Å²) in [6.45, 7) is 0. The third-order valence-electron chi connectivity index (χ3n) is 5.05. The van der Waals surface area contributed by atoms with Crippen molar-refractivity contribution in [2.24, 2.45) is 0 Å². The molecule has 0 radical (unpaired) electrons. The number of rotatable bonds is 6. The number of aromatic amines is 1. The number of benzene rings is 3. The van der Waals surface area contributed by atoms with Crippen LogP contribution >= 0.6 is 46.4 Å². The molecule has 0 saturated carbocycles. The minimum atomic E-state index is -0.607. The fourth-order valence-corrected chi connectivity index (χ4v) is 4.12. The lowest BCUT2D eigenvalue weighted by Gasteiger charge is -2.11. The molecule has 6 N–H and O–H groups in total. The Morgan fingerprint density at radius 2 is 1.35 bits per heavy atom. The van der Waals surface area contributed by atoms with E-state index in [1.165, 1.54) is 54.7 Å². The van der Waals surface area contributed by atoms with Crippen molar-refractivity contribution in [2.45, 2.75) is 0 Å². The van der Waals surface area contributed by atoms with E-state index in [4.69, 9.17) is 52.1 Å². The summed E-state index contributed by atoms with van der Waals surface area (Å²) in [7, 11) is 0. The second-order valence-corrected chi connectivity index (χ2v) is 9.18. The first-order valence-corrected chi connectivity index (χ1v) is 11.9. The molecule has 9 nitrogen and oxygen atoms in total. The maximum absolute atomic E-state index is 12.8. The summed E-state index contributed by atoms with van der Waals surface area (Å²) in [6, 6.07) is 13.6. The Morgan fingerprint density at radius 3 is 2.03 bits per heavy atom. The maximum Gasteiger partial charge on any atom is 0.275 e. The molecule has 0 atom stereocenters. The zero-order valence-electron chi connectivity index (χ0n) is 18.5. The number of nitrogens with two attached hydrogens (primary N) is 1. The van der Waals surface area contributed by atoms with E-state index in [-0.39, 0.29) is 42.7 Å². The molecule has 0 fully saturated rings. The third-order valence-corrected chi connectivity index (χ3v) is 6.40. The minimum absolute atomic E-state index is 0.00608. The van der Waals surface area contributed by atoms with Gasteiger partial charge in [-0.2, -0.15) is 5.10 Å². The SMILES string of the molecule is Nc1cc(Cl)c(Cl)cc1NC(=O)c1ccc(NC(=O)c2[nH]ncc2NC(=O)c2c(Cl)cccc2Cl)cc1. The van der Waals surface area contributed by atoms with Crippen LogP contribution in [-0.2, 0) is 0 Å². The van der Waals surface area contributed by atoms with Gasteiger partial charge in [-0.3, -0.25) is 19.5 Å². The molecule has 0 aliphatic heterocycles. The Hall–Kier alpha value is -3.76. The lowest BCUT2D eigenvalue weighted by molar-refractivity contribution is 0.101. The lowest BCUT2D eigenvalue weighted by Crippen LogP contribution is -2.18. The number of hydrogen-bond donors (Lipinski definition) is 5. The molecule has 0 unspecified atom stereocenters. The van der Waals surface area contributed by atoms with Crippen LogP contribution in [0.25, 0.3) is 0 Å². The second-order valence-electron chi connectivity index (χ2n) is 7.55. The van der Waals surface area contributed by atoms with Crippen molar-refractivity contribution in [3.8, 4) is 0 Å². The number of halogens is 4. The van der Waals surface area contributed by atoms with Crippen LogP contribution in [0.5, 0.6) is 0 Å². The van der Waals surface area contributed by atoms with Crippen LogP contribution in [0, 0.1) is 0 Å². The molecule has 1 aromatic heterocycles. The molecule has 0 bridgehead atoms. The van der Waals surface area contributed by atoms with Crippen molar-refractivity contribution in [1.29, 1.82) is 0 Å². The van der Waals surface area contributed by atoms with Crippen LogP contribution in [0.4, 0.5) is 22.7 Å². The van der Waals surface area contributed by atoms with Gasteiger partial charge in [-0.25, -0.2) is 0 Å². The van der Waals surface area contributed by atoms with Crippen LogP contribution < -0.4 is 21.7 Å². The van der Waals surface area contributed by atoms with E-state index in [1.807, 2.05) is 0 Å². The number of nitrogens with zero attached hydrogens (tertiary/aromatic N) is 1. The van der Waals surface area contributed by atoms with E-state index < -0.39 is 17.7 Å². The number of hydrogen-bond acceptors (Lipinski definition) is 5. The van der Waals surface area contributed by atoms with Crippen molar-refractivity contribution >= 4 is 86.9 Å². The number of amides is 3. The number of aromatic nitrogens is 2. The Morgan fingerprint density at radius 1 is 0.730 bits per heavy atom. The number of nitrogen functional groups attached to an aromatic ring is 1. The van der Waals surface area contributed by atoms with Crippen LogP contribution in [0.1, 0.15) is 31.2 Å². The molecule has 0 spiro atoms. The minimum Gasteiger partial charge on any atom is -0.397 e. The van der Waals surface area contributed by atoms with Gasteiger partial charge < -0.3 is 21.7 Å². The largest absolute Gasteiger partial charge is 0.397 e. The van der Waals surface area contributed by atoms with E-state index in [2.05, 4.69) is 26.1 Å². The molecule has 0 saturated heterocycles. The lowest BCUT2D eigenvalue weighted by atomic mass is 10.1. The number of carbonyl (C=O) groups is 3. The van der Waals surface area contributed by atoms with Gasteiger partial charge in [0.15, 0.2) is 0 Å². The Labute approximate surface area is 230 Å². The van der Waals surface area contributed by atoms with Crippen LogP contribution in [-0.4, -0.2) is 27.9 Å². The predicted octanol–water partition coefficient (Wildman–Crippen LogP) is 6.36. The van der Waals surface area contributed by atoms with Crippen molar-refractivity contribution in [3.05, 3.63) is 97.7 Å². The maximum atomic E-state index is 12.8. The van der Waals surface area contributed by atoms with Gasteiger partial charge in [0.25, 0.3) is 17.7 Å². The first-order chi connectivity index (χ1) is 17.6. The highest BCUT2D eigenvalue weighted by Crippen LogP contribution is 2.31. The number of H-pyrrole nitrogens is 1. The van der Waals surface area contributed by atoms with Gasteiger partial charge in [-0.1, -0.05) is 52.5 Å². The molecule has 13 heteroatoms. The zero-order chi connectivity index (χ0) is 26.7. The van der Waals surface area contributed by atoms with Gasteiger partial charge in [0.2, 0.25) is 0 Å². The fraction of sp³-hybridized carbons (Fsp3) is 0. The quantitative estimate of drug-likeness (QED) is 0.169. The summed E-state index contributed by atoms with van der Waals surface area (Å²) < 4.78 is 0. The first-order valence-electron chi connectivity index (χ1n) is 10.4. The summed E-state index contributed by atoms with van der Waals surface area (Å²) in [4.78, 5) is 38.1. The standard InChI is InChI=1S/C24H16Cl4N6O3/c25-13-2-1-3-14(26)20(13)23(36)33-19-10-30-34-21(19)24(37)31-12-6-4-11(5-7-12)22(35)32-18-9-16(28)15(27)8-17(18)29/h1-10H,29H2,(H,30,34)(H,31,37)(H,32,35)(H,33,36). The number of nitrogens with one attached hydrogen (secondary N) is 4. The Balaban J connectivity index is 1.43. The molecule has 37 heavy (non-hydrogen) atoms. The molecule has 188 valence electrons. The van der Waals surface area contributed by atoms with Gasteiger partial charge in [-0.15, -0.1) is 0 Å². The highest BCUT2D eigenvalue weighted by Gasteiger charge is 2.20. The molecule has 3 aromatic carbocycles. The summed E-state index contributed by atoms with van der Waals surface area (Å²) in [5.41, 5.74) is 7.31. The van der Waals surface area contributed by atoms with Gasteiger partial charge in [0.1, 0.15) is 5.69 Å². The molecular formula is C24H16Cl4N6O3. The van der Waals surface area contributed by atoms with Gasteiger partial charge in [0.05, 0.1) is 48.9 Å². The molecule has 4 aromatic rings. The van der Waals surface area contributed by atoms with Crippen LogP contribution in [0.3, 0.4) is 0 Å². The average molecular weight is 578 g/mol. The Kier molecular flexibility index (Phi) is 7.89. The summed E-state index contributed by atoms with van der Waals surface area (Å²) in [6.07, 6.45) is 1.28. The molecule has 3 amide bonds. The topological polar surface area (TPSA) is 142 Å². The van der Waals surface area contributed by atoms with E-state index in [1.54, 1.807) is 6.07 Å². The molecule has 0 aliphatic carbocycles. The average Bonchev–Trinajstić information content (AvgIpc) is 3.31. The zero-order valence-corrected chi connectivity index (χ0v) is 21.6. The van der Waals surface area contributed by atoms with Crippen LogP contribution in [0.2, 0.25) is 20.1 Å². The van der Waals surface area contributed by atoms with E-state index >= 15 is 0 Å². The molecule has 4 rings (SSSR count). The van der Waals surface area contributed by atoms with Gasteiger partial charge in [-0.05, 0) is 48.5 Å². The number of carbonyl (C=O) groups excluding carboxylic acids is 3. The summed E-state index contributed by atoms with van der Waals surface area (Å²) >= 11 is 24.1. The van der Waals surface area contributed by atoms with Crippen LogP contribution in [0.15, 0.2) is 60.8 Å². The van der Waals surface area contributed by atoms with Gasteiger partial charge >= 0.3 is 0 Å². The van der Waals surface area contributed by atoms with Crippen molar-refractivity contribution in [2.75, 3.05) is 21.7 Å².